The molecular formula is C17H28N4S. The molecule has 22 heavy (non-hydrogen) atoms. The highest BCUT2D eigenvalue weighted by Gasteiger charge is 2.20. The van der Waals surface area contributed by atoms with Crippen molar-refractivity contribution in [3.63, 3.8) is 0 Å². The first-order chi connectivity index (χ1) is 10.5. The van der Waals surface area contributed by atoms with Crippen LogP contribution in [0, 0.1) is 18.8 Å². The second-order valence-electron chi connectivity index (χ2n) is 6.66. The van der Waals surface area contributed by atoms with E-state index in [0.717, 1.165) is 42.7 Å². The van der Waals surface area contributed by atoms with Gasteiger partial charge in [0.2, 0.25) is 0 Å². The fourth-order valence-corrected chi connectivity index (χ4v) is 3.39. The summed E-state index contributed by atoms with van der Waals surface area (Å²) in [7, 11) is 0. The van der Waals surface area contributed by atoms with Crippen LogP contribution in [-0.4, -0.2) is 41.2 Å². The summed E-state index contributed by atoms with van der Waals surface area (Å²) in [5.41, 5.74) is 1.15. The smallest absolute Gasteiger partial charge is 0.171 e. The Morgan fingerprint density at radius 1 is 1.32 bits per heavy atom. The molecule has 0 unspecified atom stereocenters. The summed E-state index contributed by atoms with van der Waals surface area (Å²) >= 11 is 5.30. The van der Waals surface area contributed by atoms with Crippen molar-refractivity contribution in [2.24, 2.45) is 11.8 Å². The number of nitrogens with zero attached hydrogens (tertiary/aromatic N) is 2. The van der Waals surface area contributed by atoms with Crippen molar-refractivity contribution in [1.29, 1.82) is 0 Å². The molecule has 0 spiro atoms. The van der Waals surface area contributed by atoms with Crippen LogP contribution in [0.1, 0.15) is 32.3 Å². The summed E-state index contributed by atoms with van der Waals surface area (Å²) in [5.74, 6) is 2.45. The third-order valence-corrected chi connectivity index (χ3v) is 4.28. The maximum atomic E-state index is 5.30. The summed E-state index contributed by atoms with van der Waals surface area (Å²) in [6.45, 7) is 11.3. The van der Waals surface area contributed by atoms with Crippen LogP contribution in [0.25, 0.3) is 0 Å². The number of pyridine rings is 1. The molecule has 1 aliphatic heterocycles. The molecule has 2 rings (SSSR count). The van der Waals surface area contributed by atoms with E-state index in [1.165, 1.54) is 19.5 Å². The van der Waals surface area contributed by atoms with Crippen LogP contribution in [0.5, 0.6) is 0 Å². The van der Waals surface area contributed by atoms with Crippen LogP contribution in [0.15, 0.2) is 18.3 Å². The van der Waals surface area contributed by atoms with E-state index in [-0.39, 0.29) is 0 Å². The summed E-state index contributed by atoms with van der Waals surface area (Å²) < 4.78 is 0. The van der Waals surface area contributed by atoms with Crippen LogP contribution in [0.3, 0.4) is 0 Å². The lowest BCUT2D eigenvalue weighted by molar-refractivity contribution is 0.140. The van der Waals surface area contributed by atoms with Gasteiger partial charge in [0.25, 0.3) is 0 Å². The number of aromatic nitrogens is 1. The number of anilines is 1. The maximum absolute atomic E-state index is 5.30. The van der Waals surface area contributed by atoms with Crippen molar-refractivity contribution in [2.75, 3.05) is 31.5 Å². The zero-order valence-electron chi connectivity index (χ0n) is 13.9. The molecule has 2 heterocycles. The molecule has 1 aliphatic rings. The largest absolute Gasteiger partial charge is 0.362 e. The first kappa shape index (κ1) is 17.2. The highest BCUT2D eigenvalue weighted by molar-refractivity contribution is 7.80. The maximum Gasteiger partial charge on any atom is 0.171 e. The van der Waals surface area contributed by atoms with Crippen LogP contribution < -0.4 is 10.6 Å². The SMILES string of the molecule is Cc1ccc(NC(=S)NCCCN2C[C@H](C)C[C@@H](C)C2)nc1. The van der Waals surface area contributed by atoms with E-state index in [9.17, 15) is 0 Å². The normalized spacial score (nSPS) is 22.3. The lowest BCUT2D eigenvalue weighted by Crippen LogP contribution is -2.40. The third kappa shape index (κ3) is 5.89. The molecule has 0 bridgehead atoms. The van der Waals surface area contributed by atoms with Gasteiger partial charge >= 0.3 is 0 Å². The number of piperidine rings is 1. The first-order valence-electron chi connectivity index (χ1n) is 8.23. The topological polar surface area (TPSA) is 40.2 Å². The quantitative estimate of drug-likeness (QED) is 0.644. The van der Waals surface area contributed by atoms with Gasteiger partial charge in [-0.3, -0.25) is 0 Å². The lowest BCUT2D eigenvalue weighted by atomic mass is 9.92. The van der Waals surface area contributed by atoms with Gasteiger partial charge in [-0.2, -0.15) is 0 Å². The standard InChI is InChI=1S/C17H28N4S/c1-13-5-6-16(19-10-13)20-17(22)18-7-4-8-21-11-14(2)9-15(3)12-21/h5-6,10,14-15H,4,7-9,11-12H2,1-3H3,(H2,18,19,20,22)/t14-,15-/m1/s1. The Bertz CT molecular complexity index is 464. The number of hydrogen-bond acceptors (Lipinski definition) is 3. The Morgan fingerprint density at radius 2 is 2.05 bits per heavy atom. The minimum Gasteiger partial charge on any atom is -0.362 e. The highest BCUT2D eigenvalue weighted by Crippen LogP contribution is 2.20. The van der Waals surface area contributed by atoms with Gasteiger partial charge < -0.3 is 15.5 Å². The monoisotopic (exact) mass is 320 g/mol. The second kappa shape index (κ2) is 8.44. The van der Waals surface area contributed by atoms with Gasteiger partial charge in [-0.15, -0.1) is 0 Å². The fraction of sp³-hybridized carbons (Fsp3) is 0.647. The zero-order chi connectivity index (χ0) is 15.9. The summed E-state index contributed by atoms with van der Waals surface area (Å²) in [6, 6.07) is 3.97. The van der Waals surface area contributed by atoms with E-state index >= 15 is 0 Å². The molecule has 1 fully saturated rings. The van der Waals surface area contributed by atoms with Crippen molar-refractivity contribution in [3.8, 4) is 0 Å². The Balaban J connectivity index is 1.62. The number of nitrogens with one attached hydrogen (secondary N) is 2. The van der Waals surface area contributed by atoms with E-state index in [2.05, 4.69) is 34.4 Å². The summed E-state index contributed by atoms with van der Waals surface area (Å²) in [6.07, 6.45) is 4.32. The van der Waals surface area contributed by atoms with Gasteiger partial charge in [0, 0.05) is 25.8 Å². The average Bonchev–Trinajstić information content (AvgIpc) is 2.45. The molecule has 1 saturated heterocycles. The van der Waals surface area contributed by atoms with Crippen LogP contribution in [0.2, 0.25) is 0 Å². The summed E-state index contributed by atoms with van der Waals surface area (Å²) in [5, 5.41) is 7.03. The van der Waals surface area contributed by atoms with Gasteiger partial charge in [0.05, 0.1) is 0 Å². The Morgan fingerprint density at radius 3 is 2.68 bits per heavy atom. The van der Waals surface area contributed by atoms with Crippen LogP contribution in [0.4, 0.5) is 5.82 Å². The highest BCUT2D eigenvalue weighted by atomic mass is 32.1. The lowest BCUT2D eigenvalue weighted by Gasteiger charge is -2.34. The molecule has 5 heteroatoms. The van der Waals surface area contributed by atoms with E-state index in [1.54, 1.807) is 0 Å². The van der Waals surface area contributed by atoms with Gasteiger partial charge in [-0.25, -0.2) is 4.98 Å². The number of thiocarbonyl (C=S) groups is 1. The minimum atomic E-state index is 0.650. The van der Waals surface area contributed by atoms with Gasteiger partial charge in [0.1, 0.15) is 5.82 Å². The molecule has 0 amide bonds. The number of aryl methyl sites for hydroxylation is 1. The molecular weight excluding hydrogens is 292 g/mol. The molecule has 1 aromatic heterocycles. The number of likely N-dealkylation sites (tertiary alicyclic amines) is 1. The van der Waals surface area contributed by atoms with Gasteiger partial charge in [-0.1, -0.05) is 19.9 Å². The van der Waals surface area contributed by atoms with E-state index < -0.39 is 0 Å². The third-order valence-electron chi connectivity index (χ3n) is 4.03. The predicted octanol–water partition coefficient (Wildman–Crippen LogP) is 3.04. The van der Waals surface area contributed by atoms with Gasteiger partial charge in [-0.05, 0) is 62.0 Å². The average molecular weight is 321 g/mol. The van der Waals surface area contributed by atoms with Crippen molar-refractivity contribution in [3.05, 3.63) is 23.9 Å². The molecule has 2 N–H and O–H groups in total. The predicted molar refractivity (Wildman–Crippen MR) is 97.2 cm³/mol. The Kier molecular flexibility index (Phi) is 6.58. The first-order valence-corrected chi connectivity index (χ1v) is 8.63. The Hall–Kier alpha value is -1.20. The molecule has 0 saturated carbocycles. The van der Waals surface area contributed by atoms with Crippen molar-refractivity contribution < 1.29 is 0 Å². The molecule has 4 nitrogen and oxygen atoms in total. The Labute approximate surface area is 139 Å². The van der Waals surface area contributed by atoms with Crippen molar-refractivity contribution in [2.45, 2.75) is 33.6 Å². The molecule has 122 valence electrons. The number of rotatable bonds is 5. The van der Waals surface area contributed by atoms with Crippen molar-refractivity contribution in [1.82, 2.24) is 15.2 Å². The molecule has 0 radical (unpaired) electrons. The van der Waals surface area contributed by atoms with E-state index in [1.807, 2.05) is 25.3 Å². The number of hydrogen-bond donors (Lipinski definition) is 2. The van der Waals surface area contributed by atoms with Crippen molar-refractivity contribution >= 4 is 23.1 Å². The molecule has 0 aliphatic carbocycles. The molecule has 1 aromatic rings. The molecule has 2 atom stereocenters. The van der Waals surface area contributed by atoms with Crippen LogP contribution in [-0.2, 0) is 0 Å². The zero-order valence-corrected chi connectivity index (χ0v) is 14.7. The molecule has 0 aromatic carbocycles. The minimum absolute atomic E-state index is 0.650. The summed E-state index contributed by atoms with van der Waals surface area (Å²) in [4.78, 5) is 6.87. The van der Waals surface area contributed by atoms with Crippen LogP contribution >= 0.6 is 12.2 Å². The van der Waals surface area contributed by atoms with Gasteiger partial charge in [0.15, 0.2) is 5.11 Å². The van der Waals surface area contributed by atoms with E-state index in [4.69, 9.17) is 12.2 Å². The second-order valence-corrected chi connectivity index (χ2v) is 7.07. The fourth-order valence-electron chi connectivity index (χ4n) is 3.18. The van der Waals surface area contributed by atoms with E-state index in [0.29, 0.717) is 5.11 Å².